The summed E-state index contributed by atoms with van der Waals surface area (Å²) < 4.78 is 13.0. The van der Waals surface area contributed by atoms with Crippen LogP contribution in [-0.4, -0.2) is 58.3 Å². The quantitative estimate of drug-likeness (QED) is 0.473. The second-order valence-electron chi connectivity index (χ2n) is 8.18. The molecule has 4 rings (SSSR count). The Kier molecular flexibility index (Phi) is 7.53. The van der Waals surface area contributed by atoms with Crippen molar-refractivity contribution in [2.24, 2.45) is 0 Å². The number of benzene rings is 2. The largest absolute Gasteiger partial charge is 0.493 e. The van der Waals surface area contributed by atoms with Crippen molar-refractivity contribution in [2.75, 3.05) is 37.4 Å². The van der Waals surface area contributed by atoms with Crippen molar-refractivity contribution in [1.82, 2.24) is 19.7 Å². The van der Waals surface area contributed by atoms with E-state index in [1.165, 1.54) is 13.4 Å². The molecule has 36 heavy (non-hydrogen) atoms. The Balaban J connectivity index is 1.66. The van der Waals surface area contributed by atoms with Gasteiger partial charge in [-0.25, -0.2) is 4.68 Å². The van der Waals surface area contributed by atoms with Crippen LogP contribution in [0.15, 0.2) is 66.1 Å². The third-order valence-electron chi connectivity index (χ3n) is 6.04. The third kappa shape index (κ3) is 5.02. The number of anilines is 2. The lowest BCUT2D eigenvalue weighted by Gasteiger charge is -2.29. The van der Waals surface area contributed by atoms with Crippen molar-refractivity contribution in [3.8, 4) is 11.5 Å². The van der Waals surface area contributed by atoms with Crippen molar-refractivity contribution in [1.29, 1.82) is 0 Å². The van der Waals surface area contributed by atoms with E-state index in [9.17, 15) is 9.59 Å². The highest BCUT2D eigenvalue weighted by Crippen LogP contribution is 2.38. The van der Waals surface area contributed by atoms with Gasteiger partial charge in [-0.3, -0.25) is 9.59 Å². The van der Waals surface area contributed by atoms with Gasteiger partial charge < -0.3 is 25.0 Å². The van der Waals surface area contributed by atoms with Gasteiger partial charge >= 0.3 is 0 Å². The first-order chi connectivity index (χ1) is 17.5. The van der Waals surface area contributed by atoms with E-state index in [1.54, 1.807) is 21.7 Å². The van der Waals surface area contributed by atoms with Gasteiger partial charge in [0.25, 0.3) is 11.8 Å². The highest BCUT2D eigenvalue weighted by molar-refractivity contribution is 6.06. The molecule has 0 bridgehead atoms. The summed E-state index contributed by atoms with van der Waals surface area (Å²) in [6, 6.07) is 14.1. The number of fused-ring (bicyclic) bond motifs is 1. The van der Waals surface area contributed by atoms with Gasteiger partial charge in [0.05, 0.1) is 12.7 Å². The van der Waals surface area contributed by atoms with Crippen molar-refractivity contribution >= 4 is 23.5 Å². The minimum Gasteiger partial charge on any atom is -0.493 e. The van der Waals surface area contributed by atoms with Gasteiger partial charge in [0, 0.05) is 24.5 Å². The molecular formula is C26H30N6O4. The molecule has 2 N–H and O–H groups in total. The normalized spacial score (nSPS) is 14.5. The number of nitrogens with zero attached hydrogens (tertiary/aromatic N) is 4. The Morgan fingerprint density at radius 1 is 1.11 bits per heavy atom. The van der Waals surface area contributed by atoms with Crippen LogP contribution in [-0.2, 0) is 9.59 Å². The second kappa shape index (κ2) is 10.9. The molecular weight excluding hydrogens is 460 g/mol. The van der Waals surface area contributed by atoms with E-state index in [0.29, 0.717) is 47.5 Å². The number of para-hydroxylation sites is 1. The highest BCUT2D eigenvalue weighted by Gasteiger charge is 2.34. The predicted octanol–water partition coefficient (Wildman–Crippen LogP) is 3.46. The van der Waals surface area contributed by atoms with Gasteiger partial charge in [-0.2, -0.15) is 10.1 Å². The molecule has 2 heterocycles. The molecule has 3 aromatic rings. The molecule has 1 aliphatic rings. The van der Waals surface area contributed by atoms with Gasteiger partial charge in [-0.15, -0.1) is 0 Å². The van der Waals surface area contributed by atoms with Crippen LogP contribution in [0, 0.1) is 0 Å². The number of nitrogens with one attached hydrogen (secondary N) is 2. The molecule has 0 fully saturated rings. The molecule has 2 aromatic carbocycles. The topological polar surface area (TPSA) is 111 Å². The van der Waals surface area contributed by atoms with Gasteiger partial charge in [0.2, 0.25) is 5.95 Å². The number of ether oxygens (including phenoxy) is 2. The van der Waals surface area contributed by atoms with Gasteiger partial charge in [-0.05, 0) is 50.6 Å². The Morgan fingerprint density at radius 2 is 1.86 bits per heavy atom. The summed E-state index contributed by atoms with van der Waals surface area (Å²) in [7, 11) is 1.53. The number of aromatic nitrogens is 3. The van der Waals surface area contributed by atoms with E-state index in [-0.39, 0.29) is 18.4 Å². The van der Waals surface area contributed by atoms with Gasteiger partial charge in [0.1, 0.15) is 12.4 Å². The van der Waals surface area contributed by atoms with E-state index in [2.05, 4.69) is 20.7 Å². The van der Waals surface area contributed by atoms with Crippen molar-refractivity contribution in [3.63, 3.8) is 0 Å². The lowest BCUT2D eigenvalue weighted by molar-refractivity contribution is -0.133. The number of amides is 2. The molecule has 1 unspecified atom stereocenters. The SMILES string of the molecule is CCN(CC)C(=O)COc1ccc(C2C(C(=O)Nc3ccccc3)=C(C)Nc3ncnn32)cc1OC. The molecule has 2 amide bonds. The Morgan fingerprint density at radius 3 is 2.56 bits per heavy atom. The van der Waals surface area contributed by atoms with Crippen molar-refractivity contribution in [3.05, 3.63) is 71.7 Å². The van der Waals surface area contributed by atoms with Crippen LogP contribution in [0.3, 0.4) is 0 Å². The molecule has 10 nitrogen and oxygen atoms in total. The lowest BCUT2D eigenvalue weighted by Crippen LogP contribution is -2.34. The average molecular weight is 491 g/mol. The monoisotopic (exact) mass is 490 g/mol. The molecule has 188 valence electrons. The second-order valence-corrected chi connectivity index (χ2v) is 8.18. The highest BCUT2D eigenvalue weighted by atomic mass is 16.5. The smallest absolute Gasteiger partial charge is 0.260 e. The van der Waals surface area contributed by atoms with Crippen LogP contribution in [0.1, 0.15) is 32.4 Å². The first kappa shape index (κ1) is 24.8. The average Bonchev–Trinajstić information content (AvgIpc) is 3.35. The van der Waals surface area contributed by atoms with E-state index >= 15 is 0 Å². The molecule has 0 aliphatic carbocycles. The van der Waals surface area contributed by atoms with E-state index in [4.69, 9.17) is 9.47 Å². The van der Waals surface area contributed by atoms with Crippen LogP contribution in [0.4, 0.5) is 11.6 Å². The predicted molar refractivity (Wildman–Crippen MR) is 136 cm³/mol. The zero-order valence-corrected chi connectivity index (χ0v) is 20.8. The first-order valence-electron chi connectivity index (χ1n) is 11.8. The number of hydrogen-bond acceptors (Lipinski definition) is 7. The zero-order chi connectivity index (χ0) is 25.7. The summed E-state index contributed by atoms with van der Waals surface area (Å²) in [5.74, 6) is 1.04. The standard InChI is InChI=1S/C26H30N6O4/c1-5-31(6-2)22(33)15-36-20-13-12-18(14-21(20)35-4)24-23(17(3)29-26-27-16-28-32(24)26)25(34)30-19-10-8-7-9-11-19/h7-14,16,24H,5-6,15H2,1-4H3,(H,30,34)(H,27,28,29). The summed E-state index contributed by atoms with van der Waals surface area (Å²) >= 11 is 0. The minimum atomic E-state index is -0.562. The molecule has 0 saturated heterocycles. The zero-order valence-electron chi connectivity index (χ0n) is 20.8. The van der Waals surface area contributed by atoms with Crippen LogP contribution in [0.25, 0.3) is 0 Å². The van der Waals surface area contributed by atoms with Crippen molar-refractivity contribution < 1.29 is 19.1 Å². The van der Waals surface area contributed by atoms with Crippen LogP contribution >= 0.6 is 0 Å². The maximum Gasteiger partial charge on any atom is 0.260 e. The first-order valence-corrected chi connectivity index (χ1v) is 11.8. The number of rotatable bonds is 9. The molecule has 1 aromatic heterocycles. The van der Waals surface area contributed by atoms with Crippen LogP contribution in [0.5, 0.6) is 11.5 Å². The Labute approximate surface area is 209 Å². The van der Waals surface area contributed by atoms with Crippen LogP contribution < -0.4 is 20.1 Å². The van der Waals surface area contributed by atoms with E-state index in [0.717, 1.165) is 5.56 Å². The number of allylic oxidation sites excluding steroid dienone is 1. The fraction of sp³-hybridized carbons (Fsp3) is 0.308. The fourth-order valence-electron chi connectivity index (χ4n) is 4.19. The maximum atomic E-state index is 13.4. The lowest BCUT2D eigenvalue weighted by atomic mass is 9.94. The molecule has 1 aliphatic heterocycles. The van der Waals surface area contributed by atoms with Gasteiger partial charge in [0.15, 0.2) is 18.1 Å². The van der Waals surface area contributed by atoms with Crippen LogP contribution in [0.2, 0.25) is 0 Å². The third-order valence-corrected chi connectivity index (χ3v) is 6.04. The van der Waals surface area contributed by atoms with Gasteiger partial charge in [-0.1, -0.05) is 24.3 Å². The molecule has 10 heteroatoms. The Bertz CT molecular complexity index is 1270. The molecule has 0 radical (unpaired) electrons. The summed E-state index contributed by atoms with van der Waals surface area (Å²) in [5, 5.41) is 10.5. The summed E-state index contributed by atoms with van der Waals surface area (Å²) in [6.45, 7) is 6.82. The fourth-order valence-corrected chi connectivity index (χ4v) is 4.19. The molecule has 0 spiro atoms. The number of hydrogen-bond donors (Lipinski definition) is 2. The minimum absolute atomic E-state index is 0.0955. The summed E-state index contributed by atoms with van der Waals surface area (Å²) in [6.07, 6.45) is 1.44. The summed E-state index contributed by atoms with van der Waals surface area (Å²) in [4.78, 5) is 31.8. The van der Waals surface area contributed by atoms with E-state index in [1.807, 2.05) is 57.2 Å². The summed E-state index contributed by atoms with van der Waals surface area (Å²) in [5.41, 5.74) is 2.59. The number of methoxy groups -OCH3 is 1. The molecule has 1 atom stereocenters. The number of carbonyl (C=O) groups excluding carboxylic acids is 2. The molecule has 0 saturated carbocycles. The van der Waals surface area contributed by atoms with E-state index < -0.39 is 6.04 Å². The maximum absolute atomic E-state index is 13.4. The number of likely N-dealkylation sites (N-methyl/N-ethyl adjacent to an activating group) is 1. The number of carbonyl (C=O) groups is 2. The van der Waals surface area contributed by atoms with Crippen molar-refractivity contribution in [2.45, 2.75) is 26.8 Å². The Hall–Kier alpha value is -4.34.